The molecule has 0 saturated carbocycles. The van der Waals surface area contributed by atoms with E-state index in [-0.39, 0.29) is 101 Å². The predicted molar refractivity (Wildman–Crippen MR) is 271 cm³/mol. The minimum atomic E-state index is -1.96. The van der Waals surface area contributed by atoms with Gasteiger partial charge in [-0.15, -0.1) is 0 Å². The summed E-state index contributed by atoms with van der Waals surface area (Å²) < 4.78 is 44.5. The van der Waals surface area contributed by atoms with Gasteiger partial charge in [-0.3, -0.25) is 28.9 Å². The maximum absolute atomic E-state index is 13.5. The number of hydrogen-bond donors (Lipinski definition) is 15. The molecule has 0 aromatic heterocycles. The van der Waals surface area contributed by atoms with Gasteiger partial charge in [0, 0.05) is 45.2 Å². The van der Waals surface area contributed by atoms with Crippen LogP contribution in [0.2, 0.25) is 0 Å². The SMILES string of the molecule is CCNC(=O)CCCCCCC(=O)CN(CC(=O)CCCCCCC(=O)NCCO[C@@H]1O[C@@H](C)[C@@H](O)[C@@H](O)[C@@H]1O)CC(=O)CCCO[C@H]1O[C@H](CO[C@H]2O[C@H](CO)[C@@H](O)[C@H](O)[C@@H]2O)[C@@H](O)[C@H](O[C@H]2O[C@H](CO)[C@@H](O)[C@H](O)[C@@H]2O)[C@@H]1O. The molecule has 0 bridgehead atoms. The summed E-state index contributed by atoms with van der Waals surface area (Å²) in [6.07, 6.45) is -26.4. The van der Waals surface area contributed by atoms with Gasteiger partial charge in [0.1, 0.15) is 109 Å². The number of unbranched alkanes of at least 4 members (excludes halogenated alkanes) is 6. The number of carbonyl (C=O) groups excluding carboxylic acids is 5. The fourth-order valence-corrected chi connectivity index (χ4v) is 9.50. The number of ether oxygens (including phenoxy) is 8. The van der Waals surface area contributed by atoms with E-state index >= 15 is 0 Å². The molecular weight excluding hydrogens is 1070 g/mol. The molecule has 4 saturated heterocycles. The van der Waals surface area contributed by atoms with Crippen molar-refractivity contribution in [2.24, 2.45) is 0 Å². The quantitative estimate of drug-likeness (QED) is 0.0258. The number of aliphatic hydroxyl groups is 13. The molecule has 0 spiro atoms. The Labute approximate surface area is 464 Å². The standard InChI is InChI=1S/C51H89N3O26/c1-3-52-34(60)16-10-6-4-8-13-28(57)21-54(22-29(58)14-9-5-7-11-17-35(61)53-18-20-74-48-43(69)40(66)36(62)27(2)76-48)23-30(59)15-12-19-73-50-46(72)47(80-51-45(71)42(68)38(64)32(25-56)78-51)39(65)33(79-50)26-75-49-44(70)41(67)37(63)31(24-55)77-49/h27,31-33,36-51,55-56,62-72H,3-26H2,1-2H3,(H,52,60)(H,53,61)/t27-,31+,32+,33+,36+,37+,38+,39+,40+,41-,42-,43-,44-,45-,46-,47-,48+,49-,50-,51+/m0/s1. The molecule has 80 heavy (non-hydrogen) atoms. The highest BCUT2D eigenvalue weighted by atomic mass is 16.8. The van der Waals surface area contributed by atoms with Crippen LogP contribution >= 0.6 is 0 Å². The molecule has 4 heterocycles. The van der Waals surface area contributed by atoms with Crippen molar-refractivity contribution in [3.05, 3.63) is 0 Å². The largest absolute Gasteiger partial charge is 0.394 e. The molecule has 4 aliphatic rings. The van der Waals surface area contributed by atoms with Gasteiger partial charge in [-0.05, 0) is 46.0 Å². The lowest BCUT2D eigenvalue weighted by Crippen LogP contribution is -2.65. The third kappa shape index (κ3) is 21.9. The van der Waals surface area contributed by atoms with E-state index in [4.69, 9.17) is 37.9 Å². The van der Waals surface area contributed by atoms with Crippen molar-refractivity contribution < 1.29 is 128 Å². The van der Waals surface area contributed by atoms with Gasteiger partial charge in [0.05, 0.1) is 58.8 Å². The van der Waals surface area contributed by atoms with Crippen molar-refractivity contribution in [3.63, 3.8) is 0 Å². The van der Waals surface area contributed by atoms with E-state index in [9.17, 15) is 90.4 Å². The number of ketones is 3. The van der Waals surface area contributed by atoms with Crippen molar-refractivity contribution in [1.82, 2.24) is 15.5 Å². The zero-order valence-corrected chi connectivity index (χ0v) is 45.6. The van der Waals surface area contributed by atoms with Gasteiger partial charge in [0.15, 0.2) is 25.2 Å². The number of aliphatic hydroxyl groups excluding tert-OH is 13. The van der Waals surface area contributed by atoms with E-state index in [0.717, 1.165) is 6.42 Å². The summed E-state index contributed by atoms with van der Waals surface area (Å²) in [5.74, 6) is -1.05. The Morgan fingerprint density at radius 1 is 0.438 bits per heavy atom. The fraction of sp³-hybridized carbons (Fsp3) is 0.902. The first-order valence-corrected chi connectivity index (χ1v) is 27.8. The lowest BCUT2D eigenvalue weighted by molar-refractivity contribution is -0.366. The van der Waals surface area contributed by atoms with Crippen LogP contribution in [0.15, 0.2) is 0 Å². The normalized spacial score (nSPS) is 34.8. The first kappa shape index (κ1) is 69.6. The predicted octanol–water partition coefficient (Wildman–Crippen LogP) is -5.98. The molecule has 0 radical (unpaired) electrons. The average Bonchev–Trinajstić information content (AvgIpc) is 3.54. The number of rotatable bonds is 37. The summed E-state index contributed by atoms with van der Waals surface area (Å²) in [6.45, 7) is 0.786. The summed E-state index contributed by atoms with van der Waals surface area (Å²) in [6, 6.07) is 0. The smallest absolute Gasteiger partial charge is 0.220 e. The Balaban J connectivity index is 1.29. The molecule has 29 nitrogen and oxygen atoms in total. The molecule has 15 N–H and O–H groups in total. The van der Waals surface area contributed by atoms with Gasteiger partial charge >= 0.3 is 0 Å². The molecule has 20 atom stereocenters. The van der Waals surface area contributed by atoms with E-state index in [1.165, 1.54) is 11.8 Å². The van der Waals surface area contributed by atoms with Crippen LogP contribution < -0.4 is 10.6 Å². The zero-order valence-electron chi connectivity index (χ0n) is 45.6. The van der Waals surface area contributed by atoms with Gasteiger partial charge < -0.3 is 115 Å². The van der Waals surface area contributed by atoms with Crippen molar-refractivity contribution >= 4 is 29.2 Å². The zero-order chi connectivity index (χ0) is 59.1. The Hall–Kier alpha value is -2.93. The van der Waals surface area contributed by atoms with Crippen molar-refractivity contribution in [1.29, 1.82) is 0 Å². The van der Waals surface area contributed by atoms with E-state index in [1.54, 1.807) is 0 Å². The highest BCUT2D eigenvalue weighted by molar-refractivity contribution is 5.86. The van der Waals surface area contributed by atoms with Crippen LogP contribution in [0.4, 0.5) is 0 Å². The highest BCUT2D eigenvalue weighted by Crippen LogP contribution is 2.31. The number of nitrogens with zero attached hydrogens (tertiary/aromatic N) is 1. The third-order valence-electron chi connectivity index (χ3n) is 14.2. The molecule has 4 fully saturated rings. The van der Waals surface area contributed by atoms with Crippen LogP contribution in [0.25, 0.3) is 0 Å². The van der Waals surface area contributed by atoms with Crippen LogP contribution in [-0.2, 0) is 61.9 Å². The Kier molecular flexibility index (Phi) is 31.3. The Morgan fingerprint density at radius 2 is 0.863 bits per heavy atom. The monoisotopic (exact) mass is 1160 g/mol. The maximum atomic E-state index is 13.5. The minimum absolute atomic E-state index is 0.00569. The first-order valence-electron chi connectivity index (χ1n) is 27.8. The van der Waals surface area contributed by atoms with Crippen molar-refractivity contribution in [3.8, 4) is 0 Å². The van der Waals surface area contributed by atoms with Gasteiger partial charge in [-0.2, -0.15) is 0 Å². The van der Waals surface area contributed by atoms with E-state index < -0.39 is 143 Å². The molecule has 0 unspecified atom stereocenters. The van der Waals surface area contributed by atoms with Gasteiger partial charge in [0.2, 0.25) is 11.8 Å². The van der Waals surface area contributed by atoms with Crippen LogP contribution in [0.3, 0.4) is 0 Å². The minimum Gasteiger partial charge on any atom is -0.394 e. The first-order chi connectivity index (χ1) is 38.1. The third-order valence-corrected chi connectivity index (χ3v) is 14.2. The van der Waals surface area contributed by atoms with Crippen molar-refractivity contribution in [2.75, 3.05) is 65.8 Å². The van der Waals surface area contributed by atoms with E-state index in [0.29, 0.717) is 57.9 Å². The molecule has 0 aromatic rings. The van der Waals surface area contributed by atoms with Gasteiger partial charge in [0.25, 0.3) is 0 Å². The Bertz CT molecular complexity index is 1840. The summed E-state index contributed by atoms with van der Waals surface area (Å²) in [5, 5.41) is 140. The summed E-state index contributed by atoms with van der Waals surface area (Å²) in [5.41, 5.74) is 0. The second-order valence-electron chi connectivity index (χ2n) is 20.8. The number of carbonyl (C=O) groups is 5. The number of amides is 2. The molecule has 4 aliphatic heterocycles. The van der Waals surface area contributed by atoms with Crippen molar-refractivity contribution in [2.45, 2.75) is 227 Å². The second kappa shape index (κ2) is 36.0. The van der Waals surface area contributed by atoms with E-state index in [1.807, 2.05) is 6.92 Å². The van der Waals surface area contributed by atoms with Crippen LogP contribution in [0.5, 0.6) is 0 Å². The second-order valence-corrected chi connectivity index (χ2v) is 20.8. The summed E-state index contributed by atoms with van der Waals surface area (Å²) in [7, 11) is 0. The average molecular weight is 1160 g/mol. The lowest BCUT2D eigenvalue weighted by Gasteiger charge is -2.46. The molecule has 29 heteroatoms. The summed E-state index contributed by atoms with van der Waals surface area (Å²) in [4.78, 5) is 65.5. The highest BCUT2D eigenvalue weighted by Gasteiger charge is 2.52. The fourth-order valence-electron chi connectivity index (χ4n) is 9.50. The molecule has 464 valence electrons. The molecule has 0 aromatic carbocycles. The molecule has 4 rings (SSSR count). The molecule has 0 aliphatic carbocycles. The van der Waals surface area contributed by atoms with Crippen LogP contribution in [0.1, 0.15) is 104 Å². The topological polar surface area (TPSA) is 449 Å². The van der Waals surface area contributed by atoms with Crippen LogP contribution in [0, 0.1) is 0 Å². The Morgan fingerprint density at radius 3 is 1.39 bits per heavy atom. The van der Waals surface area contributed by atoms with Gasteiger partial charge in [-0.25, -0.2) is 0 Å². The molecular formula is C51H89N3O26. The number of hydrogen-bond acceptors (Lipinski definition) is 27. The summed E-state index contributed by atoms with van der Waals surface area (Å²) >= 11 is 0. The molecule has 2 amide bonds. The number of nitrogens with one attached hydrogen (secondary N) is 2. The van der Waals surface area contributed by atoms with Crippen LogP contribution in [-0.4, -0.2) is 289 Å². The lowest BCUT2D eigenvalue weighted by atomic mass is 9.96. The van der Waals surface area contributed by atoms with E-state index in [2.05, 4.69) is 10.6 Å². The van der Waals surface area contributed by atoms with Gasteiger partial charge in [-0.1, -0.05) is 25.7 Å². The number of Topliss-reactive ketones (excluding diaryl/α,β-unsaturated/α-hetero) is 3. The maximum Gasteiger partial charge on any atom is 0.220 e.